The van der Waals surface area contributed by atoms with Crippen LogP contribution in [0, 0.1) is 12.7 Å². The Labute approximate surface area is 129 Å². The first-order valence-electron chi connectivity index (χ1n) is 5.58. The molecule has 4 nitrogen and oxygen atoms in total. The molecule has 1 aromatic heterocycles. The summed E-state index contributed by atoms with van der Waals surface area (Å²) in [6.45, 7) is 1.58. The lowest BCUT2D eigenvalue weighted by molar-refractivity contribution is 0.553. The third-order valence-electron chi connectivity index (χ3n) is 2.59. The van der Waals surface area contributed by atoms with Crippen LogP contribution in [0.25, 0.3) is 0 Å². The van der Waals surface area contributed by atoms with Gasteiger partial charge < -0.3 is 5.73 Å². The number of anilines is 1. The minimum absolute atomic E-state index is 0.103. The Kier molecular flexibility index (Phi) is 4.48. The first-order valence-corrected chi connectivity index (χ1v) is 8.73. The number of hydrogen-bond donors (Lipinski definition) is 2. The lowest BCUT2D eigenvalue weighted by atomic mass is 10.2. The van der Waals surface area contributed by atoms with Crippen molar-refractivity contribution < 1.29 is 12.8 Å². The van der Waals surface area contributed by atoms with Gasteiger partial charge in [0.15, 0.2) is 0 Å². The van der Waals surface area contributed by atoms with Gasteiger partial charge in [-0.3, -0.25) is 0 Å². The van der Waals surface area contributed by atoms with Crippen LogP contribution in [0.2, 0.25) is 0 Å². The first kappa shape index (κ1) is 15.4. The second-order valence-electron chi connectivity index (χ2n) is 4.21. The first-order chi connectivity index (χ1) is 9.29. The Balaban J connectivity index is 2.27. The van der Waals surface area contributed by atoms with Crippen molar-refractivity contribution >= 4 is 43.0 Å². The van der Waals surface area contributed by atoms with Crippen molar-refractivity contribution in [2.75, 3.05) is 5.73 Å². The summed E-state index contributed by atoms with van der Waals surface area (Å²) in [6.07, 6.45) is 0. The second kappa shape index (κ2) is 5.80. The summed E-state index contributed by atoms with van der Waals surface area (Å²) in [5, 5.41) is 1.84. The van der Waals surface area contributed by atoms with Gasteiger partial charge in [0.2, 0.25) is 10.0 Å². The number of thiophene rings is 1. The van der Waals surface area contributed by atoms with Gasteiger partial charge in [-0.25, -0.2) is 17.5 Å². The molecular weight excluding hydrogens is 367 g/mol. The Morgan fingerprint density at radius 2 is 2.10 bits per heavy atom. The third kappa shape index (κ3) is 3.38. The van der Waals surface area contributed by atoms with Crippen molar-refractivity contribution in [1.82, 2.24) is 4.72 Å². The Hall–Kier alpha value is -0.960. The molecular formula is C12H12BrFN2O2S2. The van der Waals surface area contributed by atoms with Crippen molar-refractivity contribution in [3.05, 3.63) is 44.3 Å². The summed E-state index contributed by atoms with van der Waals surface area (Å²) >= 11 is 4.69. The smallest absolute Gasteiger partial charge is 0.243 e. The molecule has 20 heavy (non-hydrogen) atoms. The molecule has 0 atom stereocenters. The van der Waals surface area contributed by atoms with E-state index in [0.717, 1.165) is 15.4 Å². The fraction of sp³-hybridized carbons (Fsp3) is 0.167. The molecule has 0 aliphatic carbocycles. The van der Waals surface area contributed by atoms with Crippen LogP contribution in [0.4, 0.5) is 10.1 Å². The quantitative estimate of drug-likeness (QED) is 0.803. The van der Waals surface area contributed by atoms with Crippen LogP contribution in [-0.2, 0) is 16.6 Å². The maximum absolute atomic E-state index is 13.9. The average Bonchev–Trinajstić information content (AvgIpc) is 2.77. The predicted octanol–water partition coefficient (Wildman–Crippen LogP) is 3.02. The van der Waals surface area contributed by atoms with Gasteiger partial charge >= 0.3 is 0 Å². The van der Waals surface area contributed by atoms with E-state index in [0.29, 0.717) is 0 Å². The monoisotopic (exact) mass is 378 g/mol. The maximum Gasteiger partial charge on any atom is 0.243 e. The van der Waals surface area contributed by atoms with Gasteiger partial charge in [-0.05, 0) is 46.6 Å². The lowest BCUT2D eigenvalue weighted by Crippen LogP contribution is -2.24. The van der Waals surface area contributed by atoms with Crippen molar-refractivity contribution in [3.63, 3.8) is 0 Å². The number of rotatable bonds is 4. The summed E-state index contributed by atoms with van der Waals surface area (Å²) in [4.78, 5) is 0.395. The molecule has 1 heterocycles. The largest absolute Gasteiger partial charge is 0.399 e. The highest BCUT2D eigenvalue weighted by atomic mass is 79.9. The summed E-state index contributed by atoms with van der Waals surface area (Å²) in [7, 11) is -3.94. The van der Waals surface area contributed by atoms with Crippen molar-refractivity contribution in [2.45, 2.75) is 18.4 Å². The molecule has 2 aromatic rings. The molecule has 0 aliphatic heterocycles. The zero-order valence-electron chi connectivity index (χ0n) is 10.5. The van der Waals surface area contributed by atoms with E-state index in [-0.39, 0.29) is 17.8 Å². The Morgan fingerprint density at radius 3 is 2.70 bits per heavy atom. The number of nitrogens with two attached hydrogens (primary N) is 1. The average molecular weight is 379 g/mol. The second-order valence-corrected chi connectivity index (χ2v) is 7.85. The molecule has 0 saturated carbocycles. The zero-order chi connectivity index (χ0) is 14.9. The van der Waals surface area contributed by atoms with E-state index < -0.39 is 20.7 Å². The molecule has 0 spiro atoms. The van der Waals surface area contributed by atoms with Gasteiger partial charge in [-0.1, -0.05) is 0 Å². The number of halogens is 2. The maximum atomic E-state index is 13.9. The highest BCUT2D eigenvalue weighted by molar-refractivity contribution is 9.10. The third-order valence-corrected chi connectivity index (χ3v) is 5.69. The molecule has 0 fully saturated rings. The van der Waals surface area contributed by atoms with Crippen LogP contribution in [0.1, 0.15) is 10.4 Å². The van der Waals surface area contributed by atoms with E-state index >= 15 is 0 Å². The van der Waals surface area contributed by atoms with Crippen LogP contribution < -0.4 is 10.5 Å². The van der Waals surface area contributed by atoms with Crippen LogP contribution >= 0.6 is 27.3 Å². The molecule has 1 aromatic carbocycles. The van der Waals surface area contributed by atoms with Crippen LogP contribution in [0.15, 0.2) is 32.9 Å². The van der Waals surface area contributed by atoms with Gasteiger partial charge in [0.05, 0.1) is 0 Å². The molecule has 3 N–H and O–H groups in total. The highest BCUT2D eigenvalue weighted by Crippen LogP contribution is 2.23. The number of nitrogens with one attached hydrogen (secondary N) is 1. The minimum Gasteiger partial charge on any atom is -0.399 e. The van der Waals surface area contributed by atoms with E-state index in [1.807, 2.05) is 5.38 Å². The van der Waals surface area contributed by atoms with E-state index in [2.05, 4.69) is 20.7 Å². The van der Waals surface area contributed by atoms with E-state index in [1.54, 1.807) is 6.07 Å². The molecule has 0 unspecified atom stereocenters. The number of hydrogen-bond acceptors (Lipinski definition) is 4. The molecule has 0 saturated heterocycles. The number of aryl methyl sites for hydroxylation is 1. The molecule has 108 valence electrons. The zero-order valence-corrected chi connectivity index (χ0v) is 13.7. The van der Waals surface area contributed by atoms with Gasteiger partial charge in [-0.2, -0.15) is 0 Å². The Morgan fingerprint density at radius 1 is 1.40 bits per heavy atom. The van der Waals surface area contributed by atoms with Crippen LogP contribution in [-0.4, -0.2) is 8.42 Å². The van der Waals surface area contributed by atoms with Gasteiger partial charge in [0.25, 0.3) is 0 Å². The highest BCUT2D eigenvalue weighted by Gasteiger charge is 2.21. The number of nitrogen functional groups attached to an aromatic ring is 1. The molecule has 0 amide bonds. The fourth-order valence-electron chi connectivity index (χ4n) is 1.65. The summed E-state index contributed by atoms with van der Waals surface area (Å²) < 4.78 is 41.4. The number of benzene rings is 1. The fourth-order valence-corrected chi connectivity index (χ4v) is 4.32. The molecule has 0 aliphatic rings. The van der Waals surface area contributed by atoms with Crippen LogP contribution in [0.3, 0.4) is 0 Å². The summed E-state index contributed by atoms with van der Waals surface area (Å²) in [5.41, 5.74) is 5.98. The van der Waals surface area contributed by atoms with Crippen LogP contribution in [0.5, 0.6) is 0 Å². The normalized spacial score (nSPS) is 11.8. The Bertz CT molecular complexity index is 744. The molecule has 2 rings (SSSR count). The van der Waals surface area contributed by atoms with E-state index in [9.17, 15) is 12.8 Å². The SMILES string of the molecule is Cc1cc(N)cc(S(=O)(=O)NCc2cc(Br)cs2)c1F. The summed E-state index contributed by atoms with van der Waals surface area (Å²) in [5.74, 6) is -0.779. The standard InChI is InChI=1S/C12H12BrFN2O2S2/c1-7-2-9(15)4-11(12(7)14)20(17,18)16-5-10-3-8(13)6-19-10/h2-4,6,16H,5,15H2,1H3. The minimum atomic E-state index is -3.94. The van der Waals surface area contributed by atoms with Crippen molar-refractivity contribution in [1.29, 1.82) is 0 Å². The van der Waals surface area contributed by atoms with E-state index in [1.165, 1.54) is 24.3 Å². The molecule has 8 heteroatoms. The summed E-state index contributed by atoms with van der Waals surface area (Å²) in [6, 6.07) is 4.31. The van der Waals surface area contributed by atoms with Gasteiger partial charge in [0, 0.05) is 27.0 Å². The molecule has 0 radical (unpaired) electrons. The topological polar surface area (TPSA) is 72.2 Å². The van der Waals surface area contributed by atoms with Crippen molar-refractivity contribution in [3.8, 4) is 0 Å². The molecule has 0 bridgehead atoms. The van der Waals surface area contributed by atoms with E-state index in [4.69, 9.17) is 5.73 Å². The predicted molar refractivity (Wildman–Crippen MR) is 81.6 cm³/mol. The van der Waals surface area contributed by atoms with Gasteiger partial charge in [0.1, 0.15) is 10.7 Å². The lowest BCUT2D eigenvalue weighted by Gasteiger charge is -2.09. The van der Waals surface area contributed by atoms with Gasteiger partial charge in [-0.15, -0.1) is 11.3 Å². The number of sulfonamides is 1. The van der Waals surface area contributed by atoms with Crippen molar-refractivity contribution in [2.24, 2.45) is 0 Å².